The standard InChI is InChI=1S/C18H18ClN3S/c1-12-10-15(19)3-5-16(12)22-18(23)21-8-6-13-2-4-17-14(11-13)7-9-20-17/h2-5,7,9-11,20H,6,8H2,1H3,(H2,21,22,23). The van der Waals surface area contributed by atoms with Crippen LogP contribution in [0.25, 0.3) is 10.9 Å². The first-order valence-corrected chi connectivity index (χ1v) is 8.27. The summed E-state index contributed by atoms with van der Waals surface area (Å²) in [5, 5.41) is 9.04. The molecule has 2 aromatic carbocycles. The highest BCUT2D eigenvalue weighted by molar-refractivity contribution is 7.80. The van der Waals surface area contributed by atoms with Gasteiger partial charge >= 0.3 is 0 Å². The third kappa shape index (κ3) is 4.03. The molecule has 118 valence electrons. The van der Waals surface area contributed by atoms with E-state index in [-0.39, 0.29) is 0 Å². The molecule has 3 rings (SSSR count). The Kier molecular flexibility index (Phi) is 4.84. The van der Waals surface area contributed by atoms with Crippen molar-refractivity contribution in [2.75, 3.05) is 11.9 Å². The molecule has 0 radical (unpaired) electrons. The van der Waals surface area contributed by atoms with E-state index in [4.69, 9.17) is 23.8 Å². The smallest absolute Gasteiger partial charge is 0.170 e. The topological polar surface area (TPSA) is 39.8 Å². The number of thiocarbonyl (C=S) groups is 1. The molecule has 5 heteroatoms. The number of benzene rings is 2. The molecule has 0 aliphatic heterocycles. The van der Waals surface area contributed by atoms with Crippen LogP contribution in [0.2, 0.25) is 5.02 Å². The molecule has 23 heavy (non-hydrogen) atoms. The molecule has 3 nitrogen and oxygen atoms in total. The van der Waals surface area contributed by atoms with Crippen LogP contribution < -0.4 is 10.6 Å². The van der Waals surface area contributed by atoms with Crippen LogP contribution in [0.5, 0.6) is 0 Å². The first-order valence-electron chi connectivity index (χ1n) is 7.49. The Morgan fingerprint density at radius 3 is 2.87 bits per heavy atom. The Balaban J connectivity index is 1.52. The molecule has 0 spiro atoms. The Bertz CT molecular complexity index is 841. The van der Waals surface area contributed by atoms with E-state index in [0.29, 0.717) is 5.11 Å². The third-order valence-electron chi connectivity index (χ3n) is 3.75. The number of H-pyrrole nitrogens is 1. The van der Waals surface area contributed by atoms with Crippen LogP contribution in [-0.2, 0) is 6.42 Å². The molecule has 0 saturated carbocycles. The number of hydrogen-bond donors (Lipinski definition) is 3. The van der Waals surface area contributed by atoms with Crippen LogP contribution >= 0.6 is 23.8 Å². The van der Waals surface area contributed by atoms with Gasteiger partial charge in [0.05, 0.1) is 0 Å². The lowest BCUT2D eigenvalue weighted by molar-refractivity contribution is 0.874. The van der Waals surface area contributed by atoms with Gasteiger partial charge in [-0.15, -0.1) is 0 Å². The molecule has 0 bridgehead atoms. The van der Waals surface area contributed by atoms with Gasteiger partial charge < -0.3 is 15.6 Å². The molecule has 1 heterocycles. The minimum absolute atomic E-state index is 0.623. The highest BCUT2D eigenvalue weighted by Gasteiger charge is 2.02. The fourth-order valence-corrected chi connectivity index (χ4v) is 2.95. The molecule has 0 aliphatic carbocycles. The van der Waals surface area contributed by atoms with Gasteiger partial charge in [-0.25, -0.2) is 0 Å². The molecule has 0 fully saturated rings. The largest absolute Gasteiger partial charge is 0.362 e. The molecule has 0 atom stereocenters. The van der Waals surface area contributed by atoms with E-state index in [1.165, 1.54) is 10.9 Å². The SMILES string of the molecule is Cc1cc(Cl)ccc1NC(=S)NCCc1ccc2[nH]ccc2c1. The van der Waals surface area contributed by atoms with Crippen molar-refractivity contribution in [3.8, 4) is 0 Å². The van der Waals surface area contributed by atoms with Crippen LogP contribution in [0.3, 0.4) is 0 Å². The summed E-state index contributed by atoms with van der Waals surface area (Å²) < 4.78 is 0. The monoisotopic (exact) mass is 343 g/mol. The fraction of sp³-hybridized carbons (Fsp3) is 0.167. The van der Waals surface area contributed by atoms with Crippen LogP contribution in [0.4, 0.5) is 5.69 Å². The lowest BCUT2D eigenvalue weighted by Crippen LogP contribution is -2.30. The second-order valence-corrected chi connectivity index (χ2v) is 6.33. The van der Waals surface area contributed by atoms with Gasteiger partial charge in [-0.2, -0.15) is 0 Å². The maximum absolute atomic E-state index is 5.96. The van der Waals surface area contributed by atoms with Crippen LogP contribution in [-0.4, -0.2) is 16.6 Å². The van der Waals surface area contributed by atoms with Gasteiger partial charge in [-0.05, 0) is 78.5 Å². The summed E-state index contributed by atoms with van der Waals surface area (Å²) in [6.07, 6.45) is 2.88. The number of aromatic amines is 1. The minimum atomic E-state index is 0.623. The maximum Gasteiger partial charge on any atom is 0.170 e. The van der Waals surface area contributed by atoms with Crippen molar-refractivity contribution >= 4 is 45.5 Å². The van der Waals surface area contributed by atoms with Crippen molar-refractivity contribution in [1.82, 2.24) is 10.3 Å². The van der Waals surface area contributed by atoms with Gasteiger partial charge in [-0.1, -0.05) is 17.7 Å². The van der Waals surface area contributed by atoms with E-state index < -0.39 is 0 Å². The average Bonchev–Trinajstić information content (AvgIpc) is 2.98. The summed E-state index contributed by atoms with van der Waals surface area (Å²) in [4.78, 5) is 3.20. The average molecular weight is 344 g/mol. The molecule has 0 aliphatic rings. The summed E-state index contributed by atoms with van der Waals surface area (Å²) in [5.41, 5.74) is 4.49. The van der Waals surface area contributed by atoms with E-state index in [2.05, 4.69) is 39.9 Å². The molecular formula is C18H18ClN3S. The Hall–Kier alpha value is -2.04. The molecule has 0 amide bonds. The van der Waals surface area contributed by atoms with Gasteiger partial charge in [0.25, 0.3) is 0 Å². The summed E-state index contributed by atoms with van der Waals surface area (Å²) in [6, 6.07) is 14.2. The second kappa shape index (κ2) is 7.02. The molecule has 0 saturated heterocycles. The summed E-state index contributed by atoms with van der Waals surface area (Å²) in [5.74, 6) is 0. The molecule has 0 unspecified atom stereocenters. The second-order valence-electron chi connectivity index (χ2n) is 5.49. The highest BCUT2D eigenvalue weighted by Crippen LogP contribution is 2.19. The van der Waals surface area contributed by atoms with E-state index in [1.807, 2.05) is 31.3 Å². The lowest BCUT2D eigenvalue weighted by atomic mass is 10.1. The van der Waals surface area contributed by atoms with Gasteiger partial charge in [0.1, 0.15) is 0 Å². The number of anilines is 1. The van der Waals surface area contributed by atoms with Crippen LogP contribution in [0, 0.1) is 6.92 Å². The zero-order valence-electron chi connectivity index (χ0n) is 12.8. The van der Waals surface area contributed by atoms with Crippen molar-refractivity contribution in [3.63, 3.8) is 0 Å². The zero-order valence-corrected chi connectivity index (χ0v) is 14.4. The zero-order chi connectivity index (χ0) is 16.2. The minimum Gasteiger partial charge on any atom is -0.362 e. The van der Waals surface area contributed by atoms with Crippen molar-refractivity contribution in [2.24, 2.45) is 0 Å². The summed E-state index contributed by atoms with van der Waals surface area (Å²) in [7, 11) is 0. The van der Waals surface area contributed by atoms with E-state index >= 15 is 0 Å². The predicted octanol–water partition coefficient (Wildman–Crippen LogP) is 4.66. The van der Waals surface area contributed by atoms with Gasteiger partial charge in [0.15, 0.2) is 5.11 Å². The van der Waals surface area contributed by atoms with E-state index in [1.54, 1.807) is 0 Å². The van der Waals surface area contributed by atoms with Crippen LogP contribution in [0.1, 0.15) is 11.1 Å². The number of aryl methyl sites for hydroxylation is 1. The summed E-state index contributed by atoms with van der Waals surface area (Å²) in [6.45, 7) is 2.79. The van der Waals surface area contributed by atoms with Crippen LogP contribution in [0.15, 0.2) is 48.7 Å². The maximum atomic E-state index is 5.96. The van der Waals surface area contributed by atoms with Gasteiger partial charge in [0.2, 0.25) is 0 Å². The molecule has 3 aromatic rings. The van der Waals surface area contributed by atoms with Crippen molar-refractivity contribution in [1.29, 1.82) is 0 Å². The number of rotatable bonds is 4. The van der Waals surface area contributed by atoms with Crippen molar-refractivity contribution in [2.45, 2.75) is 13.3 Å². The molecule has 3 N–H and O–H groups in total. The fourth-order valence-electron chi connectivity index (χ4n) is 2.51. The molecular weight excluding hydrogens is 326 g/mol. The highest BCUT2D eigenvalue weighted by atomic mass is 35.5. The first-order chi connectivity index (χ1) is 11.1. The number of hydrogen-bond acceptors (Lipinski definition) is 1. The Morgan fingerprint density at radius 2 is 2.04 bits per heavy atom. The Morgan fingerprint density at radius 1 is 1.17 bits per heavy atom. The van der Waals surface area contributed by atoms with E-state index in [9.17, 15) is 0 Å². The first kappa shape index (κ1) is 15.8. The van der Waals surface area contributed by atoms with Crippen molar-refractivity contribution < 1.29 is 0 Å². The normalized spacial score (nSPS) is 10.7. The molecule has 1 aromatic heterocycles. The lowest BCUT2D eigenvalue weighted by Gasteiger charge is -2.12. The summed E-state index contributed by atoms with van der Waals surface area (Å²) >= 11 is 11.3. The Labute approximate surface area is 146 Å². The van der Waals surface area contributed by atoms with Gasteiger partial charge in [-0.3, -0.25) is 0 Å². The number of nitrogens with one attached hydrogen (secondary N) is 3. The number of halogens is 1. The quantitative estimate of drug-likeness (QED) is 0.603. The van der Waals surface area contributed by atoms with E-state index in [0.717, 1.165) is 34.8 Å². The van der Waals surface area contributed by atoms with Crippen molar-refractivity contribution in [3.05, 3.63) is 64.8 Å². The number of fused-ring (bicyclic) bond motifs is 1. The predicted molar refractivity (Wildman–Crippen MR) is 102 cm³/mol. The third-order valence-corrected chi connectivity index (χ3v) is 4.24. The van der Waals surface area contributed by atoms with Gasteiger partial charge in [0, 0.05) is 29.0 Å². The number of aromatic nitrogens is 1.